The molecule has 1 heterocycles. The fourth-order valence-corrected chi connectivity index (χ4v) is 2.93. The molecular weight excluding hydrogens is 276 g/mol. The zero-order valence-corrected chi connectivity index (χ0v) is 12.5. The van der Waals surface area contributed by atoms with Crippen LogP contribution >= 0.6 is 0 Å². The van der Waals surface area contributed by atoms with Crippen LogP contribution in [0.1, 0.15) is 24.9 Å². The van der Waals surface area contributed by atoms with Gasteiger partial charge in [0.15, 0.2) is 9.84 Å². The molecule has 5 nitrogen and oxygen atoms in total. The maximum atomic E-state index is 12.0. The Morgan fingerprint density at radius 1 is 1.35 bits per heavy atom. The van der Waals surface area contributed by atoms with E-state index >= 15 is 0 Å². The predicted octanol–water partition coefficient (Wildman–Crippen LogP) is 0.877. The normalized spacial score (nSPS) is 20.6. The molecule has 0 bridgehead atoms. The van der Waals surface area contributed by atoms with Gasteiger partial charge >= 0.3 is 0 Å². The van der Waals surface area contributed by atoms with Gasteiger partial charge in [-0.3, -0.25) is 4.79 Å². The molecular formula is C14H20N2O3S. The van der Waals surface area contributed by atoms with Gasteiger partial charge in [-0.25, -0.2) is 8.42 Å². The lowest BCUT2D eigenvalue weighted by Crippen LogP contribution is -2.33. The zero-order valence-electron chi connectivity index (χ0n) is 11.7. The Morgan fingerprint density at radius 3 is 2.50 bits per heavy atom. The summed E-state index contributed by atoms with van der Waals surface area (Å²) < 4.78 is 22.8. The second-order valence-corrected chi connectivity index (χ2v) is 7.28. The fourth-order valence-electron chi connectivity index (χ4n) is 2.30. The molecule has 6 heteroatoms. The largest absolute Gasteiger partial charge is 0.349 e. The highest BCUT2D eigenvalue weighted by Crippen LogP contribution is 2.17. The first-order valence-electron chi connectivity index (χ1n) is 6.69. The average molecular weight is 296 g/mol. The van der Waals surface area contributed by atoms with Crippen molar-refractivity contribution < 1.29 is 13.2 Å². The van der Waals surface area contributed by atoms with Gasteiger partial charge in [0, 0.05) is 12.8 Å². The number of amides is 1. The monoisotopic (exact) mass is 296 g/mol. The van der Waals surface area contributed by atoms with Gasteiger partial charge in [-0.1, -0.05) is 12.1 Å². The van der Waals surface area contributed by atoms with Crippen LogP contribution in [0.4, 0.5) is 0 Å². The molecule has 1 saturated heterocycles. The SMILES string of the molecule is CC(NC(=O)C1CCNC1)c1ccc(S(C)(=O)=O)cc1. The standard InChI is InChI=1S/C14H20N2O3S/c1-10(16-14(17)12-7-8-15-9-12)11-3-5-13(6-4-11)20(2,18)19/h3-6,10,12,15H,7-9H2,1-2H3,(H,16,17). The molecule has 0 saturated carbocycles. The van der Waals surface area contributed by atoms with Gasteiger partial charge in [-0.15, -0.1) is 0 Å². The zero-order chi connectivity index (χ0) is 14.8. The first-order valence-corrected chi connectivity index (χ1v) is 8.58. The number of hydrogen-bond acceptors (Lipinski definition) is 4. The molecule has 0 aliphatic carbocycles. The maximum Gasteiger partial charge on any atom is 0.224 e. The highest BCUT2D eigenvalue weighted by atomic mass is 32.2. The fraction of sp³-hybridized carbons (Fsp3) is 0.500. The molecule has 2 unspecified atom stereocenters. The number of hydrogen-bond donors (Lipinski definition) is 2. The molecule has 1 aliphatic heterocycles. The quantitative estimate of drug-likeness (QED) is 0.865. The lowest BCUT2D eigenvalue weighted by atomic mass is 10.1. The van der Waals surface area contributed by atoms with Crippen molar-refractivity contribution in [3.05, 3.63) is 29.8 Å². The van der Waals surface area contributed by atoms with Crippen LogP contribution in [0.3, 0.4) is 0 Å². The van der Waals surface area contributed by atoms with E-state index in [9.17, 15) is 13.2 Å². The number of carbonyl (C=O) groups is 1. The summed E-state index contributed by atoms with van der Waals surface area (Å²) in [7, 11) is -3.18. The average Bonchev–Trinajstić information content (AvgIpc) is 2.91. The first-order chi connectivity index (χ1) is 9.38. The molecule has 1 aromatic carbocycles. The molecule has 0 aromatic heterocycles. The third-order valence-electron chi connectivity index (χ3n) is 3.60. The number of nitrogens with one attached hydrogen (secondary N) is 2. The predicted molar refractivity (Wildman–Crippen MR) is 77.1 cm³/mol. The van der Waals surface area contributed by atoms with Gasteiger partial charge in [-0.2, -0.15) is 0 Å². The second-order valence-electron chi connectivity index (χ2n) is 5.26. The second kappa shape index (κ2) is 5.93. The van der Waals surface area contributed by atoms with Crippen molar-refractivity contribution in [2.24, 2.45) is 5.92 Å². The Bertz CT molecular complexity index is 575. The number of sulfone groups is 1. The van der Waals surface area contributed by atoms with Crippen molar-refractivity contribution in [1.29, 1.82) is 0 Å². The number of benzene rings is 1. The molecule has 0 spiro atoms. The van der Waals surface area contributed by atoms with Crippen molar-refractivity contribution in [3.8, 4) is 0 Å². The van der Waals surface area contributed by atoms with Crippen LogP contribution in [0.2, 0.25) is 0 Å². The highest BCUT2D eigenvalue weighted by Gasteiger charge is 2.23. The lowest BCUT2D eigenvalue weighted by Gasteiger charge is -2.17. The van der Waals surface area contributed by atoms with E-state index in [2.05, 4.69) is 10.6 Å². The first kappa shape index (κ1) is 15.0. The molecule has 2 atom stereocenters. The summed E-state index contributed by atoms with van der Waals surface area (Å²) in [5, 5.41) is 6.13. The van der Waals surface area contributed by atoms with E-state index in [1.165, 1.54) is 6.26 Å². The van der Waals surface area contributed by atoms with Gasteiger partial charge < -0.3 is 10.6 Å². The van der Waals surface area contributed by atoms with Gasteiger partial charge in [0.2, 0.25) is 5.91 Å². The van der Waals surface area contributed by atoms with Gasteiger partial charge in [-0.05, 0) is 37.6 Å². The number of carbonyl (C=O) groups excluding carboxylic acids is 1. The van der Waals surface area contributed by atoms with Crippen molar-refractivity contribution in [3.63, 3.8) is 0 Å². The Hall–Kier alpha value is -1.40. The number of rotatable bonds is 4. The minimum atomic E-state index is -3.18. The van der Waals surface area contributed by atoms with E-state index in [4.69, 9.17) is 0 Å². The minimum Gasteiger partial charge on any atom is -0.349 e. The maximum absolute atomic E-state index is 12.0. The summed E-state index contributed by atoms with van der Waals surface area (Å²) in [5.41, 5.74) is 0.900. The highest BCUT2D eigenvalue weighted by molar-refractivity contribution is 7.90. The molecule has 1 aromatic rings. The summed E-state index contributed by atoms with van der Waals surface area (Å²) >= 11 is 0. The molecule has 2 rings (SSSR count). The van der Waals surface area contributed by atoms with Crippen LogP contribution in [0.15, 0.2) is 29.2 Å². The van der Waals surface area contributed by atoms with Crippen molar-refractivity contribution in [2.75, 3.05) is 19.3 Å². The molecule has 1 aliphatic rings. The van der Waals surface area contributed by atoms with E-state index in [1.54, 1.807) is 24.3 Å². The Balaban J connectivity index is 2.02. The molecule has 2 N–H and O–H groups in total. The van der Waals surface area contributed by atoms with Crippen LogP contribution < -0.4 is 10.6 Å². The van der Waals surface area contributed by atoms with Crippen LogP contribution in [0.5, 0.6) is 0 Å². The molecule has 1 fully saturated rings. The molecule has 20 heavy (non-hydrogen) atoms. The van der Waals surface area contributed by atoms with Gasteiger partial charge in [0.25, 0.3) is 0 Å². The smallest absolute Gasteiger partial charge is 0.224 e. The van der Waals surface area contributed by atoms with Crippen molar-refractivity contribution in [2.45, 2.75) is 24.3 Å². The van der Waals surface area contributed by atoms with Crippen LogP contribution in [0, 0.1) is 5.92 Å². The van der Waals surface area contributed by atoms with Crippen molar-refractivity contribution in [1.82, 2.24) is 10.6 Å². The van der Waals surface area contributed by atoms with Gasteiger partial charge in [0.1, 0.15) is 0 Å². The molecule has 0 radical (unpaired) electrons. The van der Waals surface area contributed by atoms with Gasteiger partial charge in [0.05, 0.1) is 16.9 Å². The lowest BCUT2D eigenvalue weighted by molar-refractivity contribution is -0.125. The van der Waals surface area contributed by atoms with E-state index in [1.807, 2.05) is 6.92 Å². The van der Waals surface area contributed by atoms with Crippen molar-refractivity contribution >= 4 is 15.7 Å². The molecule has 1 amide bonds. The molecule has 110 valence electrons. The summed E-state index contributed by atoms with van der Waals surface area (Å²) in [6.45, 7) is 3.51. The Labute approximate surface area is 119 Å². The Morgan fingerprint density at radius 2 is 2.00 bits per heavy atom. The summed E-state index contributed by atoms with van der Waals surface area (Å²) in [5.74, 6) is 0.0856. The van der Waals surface area contributed by atoms with E-state index in [0.717, 1.165) is 25.1 Å². The van der Waals surface area contributed by atoms with E-state index in [0.29, 0.717) is 4.90 Å². The summed E-state index contributed by atoms with van der Waals surface area (Å²) in [4.78, 5) is 12.3. The summed E-state index contributed by atoms with van der Waals surface area (Å²) in [6, 6.07) is 6.51. The third-order valence-corrected chi connectivity index (χ3v) is 4.73. The summed E-state index contributed by atoms with van der Waals surface area (Å²) in [6.07, 6.45) is 2.05. The third kappa shape index (κ3) is 3.58. The van der Waals surface area contributed by atoms with Crippen LogP contribution in [0.25, 0.3) is 0 Å². The van der Waals surface area contributed by atoms with E-state index < -0.39 is 9.84 Å². The minimum absolute atomic E-state index is 0.0349. The van der Waals surface area contributed by atoms with Crippen LogP contribution in [-0.4, -0.2) is 33.7 Å². The topological polar surface area (TPSA) is 75.3 Å². The van der Waals surface area contributed by atoms with Crippen LogP contribution in [-0.2, 0) is 14.6 Å². The Kier molecular flexibility index (Phi) is 4.45. The van der Waals surface area contributed by atoms with E-state index in [-0.39, 0.29) is 17.9 Å².